The number of likely N-dealkylation sites (tertiary alicyclic amines) is 2. The van der Waals surface area contributed by atoms with Crippen molar-refractivity contribution in [1.82, 2.24) is 9.80 Å². The third-order valence-electron chi connectivity index (χ3n) is 4.29. The van der Waals surface area contributed by atoms with Crippen molar-refractivity contribution < 1.29 is 19.1 Å². The SMILES string of the molecule is COC(=O)[C@H]1C[C@@H](N2CCCCC2)CN1C(=O)OC(C)(C)C. The molecule has 0 aromatic carbocycles. The first-order chi connectivity index (χ1) is 10.3. The number of methoxy groups -OCH3 is 1. The molecule has 22 heavy (non-hydrogen) atoms. The van der Waals surface area contributed by atoms with Gasteiger partial charge in [-0.25, -0.2) is 9.59 Å². The summed E-state index contributed by atoms with van der Waals surface area (Å²) in [6.45, 7) is 8.11. The van der Waals surface area contributed by atoms with Crippen molar-refractivity contribution in [3.63, 3.8) is 0 Å². The molecule has 0 radical (unpaired) electrons. The molecule has 1 amide bonds. The van der Waals surface area contributed by atoms with Gasteiger partial charge in [-0.2, -0.15) is 0 Å². The van der Waals surface area contributed by atoms with Crippen LogP contribution >= 0.6 is 0 Å². The maximum atomic E-state index is 12.4. The first-order valence-corrected chi connectivity index (χ1v) is 8.13. The van der Waals surface area contributed by atoms with Crippen LogP contribution in [0.1, 0.15) is 46.5 Å². The second-order valence-electron chi connectivity index (χ2n) is 7.16. The van der Waals surface area contributed by atoms with Crippen molar-refractivity contribution in [3.05, 3.63) is 0 Å². The first-order valence-electron chi connectivity index (χ1n) is 8.13. The van der Waals surface area contributed by atoms with Gasteiger partial charge in [0.1, 0.15) is 11.6 Å². The van der Waals surface area contributed by atoms with Crippen LogP contribution in [-0.2, 0) is 14.3 Å². The minimum atomic E-state index is -0.568. The van der Waals surface area contributed by atoms with E-state index in [-0.39, 0.29) is 12.0 Å². The molecular weight excluding hydrogens is 284 g/mol. The Bertz CT molecular complexity index is 413. The molecule has 0 aliphatic carbocycles. The Morgan fingerprint density at radius 2 is 1.73 bits per heavy atom. The fourth-order valence-electron chi connectivity index (χ4n) is 3.24. The van der Waals surface area contributed by atoms with E-state index >= 15 is 0 Å². The van der Waals surface area contributed by atoms with E-state index in [1.807, 2.05) is 20.8 Å². The predicted molar refractivity (Wildman–Crippen MR) is 82.6 cm³/mol. The summed E-state index contributed by atoms with van der Waals surface area (Å²) in [6, 6.07) is -0.316. The van der Waals surface area contributed by atoms with Gasteiger partial charge in [-0.05, 0) is 53.1 Å². The monoisotopic (exact) mass is 312 g/mol. The summed E-state index contributed by atoms with van der Waals surface area (Å²) in [7, 11) is 1.36. The lowest BCUT2D eigenvalue weighted by atomic mass is 10.1. The molecule has 0 aromatic heterocycles. The maximum absolute atomic E-state index is 12.4. The zero-order valence-electron chi connectivity index (χ0n) is 14.1. The van der Waals surface area contributed by atoms with Gasteiger partial charge in [0.05, 0.1) is 7.11 Å². The lowest BCUT2D eigenvalue weighted by Crippen LogP contribution is -2.45. The van der Waals surface area contributed by atoms with E-state index < -0.39 is 17.7 Å². The number of carbonyl (C=O) groups excluding carboxylic acids is 2. The normalized spacial score (nSPS) is 26.8. The van der Waals surface area contributed by atoms with Crippen molar-refractivity contribution >= 4 is 12.1 Å². The van der Waals surface area contributed by atoms with Crippen molar-refractivity contribution in [2.24, 2.45) is 0 Å². The Hall–Kier alpha value is -1.30. The molecule has 126 valence electrons. The van der Waals surface area contributed by atoms with Crippen LogP contribution in [0.15, 0.2) is 0 Å². The quantitative estimate of drug-likeness (QED) is 0.730. The number of amides is 1. The smallest absolute Gasteiger partial charge is 0.411 e. The summed E-state index contributed by atoms with van der Waals surface area (Å²) < 4.78 is 10.3. The van der Waals surface area contributed by atoms with E-state index in [0.717, 1.165) is 13.1 Å². The van der Waals surface area contributed by atoms with Crippen LogP contribution in [0.4, 0.5) is 4.79 Å². The minimum absolute atomic E-state index is 0.219. The van der Waals surface area contributed by atoms with Crippen LogP contribution in [0.2, 0.25) is 0 Å². The molecule has 0 saturated carbocycles. The van der Waals surface area contributed by atoms with Crippen LogP contribution in [0.5, 0.6) is 0 Å². The van der Waals surface area contributed by atoms with Gasteiger partial charge >= 0.3 is 12.1 Å². The molecule has 2 aliphatic heterocycles. The highest BCUT2D eigenvalue weighted by Crippen LogP contribution is 2.27. The third kappa shape index (κ3) is 4.12. The lowest BCUT2D eigenvalue weighted by molar-refractivity contribution is -0.145. The molecule has 0 unspecified atom stereocenters. The van der Waals surface area contributed by atoms with Gasteiger partial charge in [0.15, 0.2) is 0 Å². The highest BCUT2D eigenvalue weighted by Gasteiger charge is 2.44. The number of piperidine rings is 1. The molecule has 2 atom stereocenters. The summed E-state index contributed by atoms with van der Waals surface area (Å²) in [6.07, 6.45) is 3.84. The number of ether oxygens (including phenoxy) is 2. The molecular formula is C16H28N2O4. The maximum Gasteiger partial charge on any atom is 0.411 e. The fourth-order valence-corrected chi connectivity index (χ4v) is 3.24. The number of nitrogens with zero attached hydrogens (tertiary/aromatic N) is 2. The largest absolute Gasteiger partial charge is 0.467 e. The van der Waals surface area contributed by atoms with Crippen LogP contribution in [-0.4, -0.2) is 66.3 Å². The van der Waals surface area contributed by atoms with Crippen molar-refractivity contribution in [3.8, 4) is 0 Å². The van der Waals surface area contributed by atoms with Gasteiger partial charge in [0.25, 0.3) is 0 Å². The van der Waals surface area contributed by atoms with Crippen LogP contribution in [0.3, 0.4) is 0 Å². The molecule has 2 heterocycles. The lowest BCUT2D eigenvalue weighted by Gasteiger charge is -2.32. The molecule has 0 N–H and O–H groups in total. The molecule has 6 heteroatoms. The second kappa shape index (κ2) is 6.86. The summed E-state index contributed by atoms with van der Waals surface area (Å²) in [5.74, 6) is -0.356. The Kier molecular flexibility index (Phi) is 5.32. The number of esters is 1. The zero-order valence-corrected chi connectivity index (χ0v) is 14.1. The van der Waals surface area contributed by atoms with E-state index in [2.05, 4.69) is 4.90 Å². The summed E-state index contributed by atoms with van der Waals surface area (Å²) in [5.41, 5.74) is -0.568. The van der Waals surface area contributed by atoms with Gasteiger partial charge in [-0.3, -0.25) is 9.80 Å². The highest BCUT2D eigenvalue weighted by atomic mass is 16.6. The van der Waals surface area contributed by atoms with Crippen molar-refractivity contribution in [2.75, 3.05) is 26.7 Å². The summed E-state index contributed by atoms with van der Waals surface area (Å²) in [4.78, 5) is 28.4. The van der Waals surface area contributed by atoms with Crippen molar-refractivity contribution in [1.29, 1.82) is 0 Å². The molecule has 2 rings (SSSR count). The molecule has 0 spiro atoms. The number of hydrogen-bond acceptors (Lipinski definition) is 5. The number of carbonyl (C=O) groups is 2. The molecule has 2 saturated heterocycles. The highest BCUT2D eigenvalue weighted by molar-refractivity contribution is 5.82. The van der Waals surface area contributed by atoms with E-state index in [1.165, 1.54) is 31.3 Å². The molecule has 6 nitrogen and oxygen atoms in total. The van der Waals surface area contributed by atoms with E-state index in [0.29, 0.717) is 13.0 Å². The summed E-state index contributed by atoms with van der Waals surface area (Å²) >= 11 is 0. The summed E-state index contributed by atoms with van der Waals surface area (Å²) in [5, 5.41) is 0. The van der Waals surface area contributed by atoms with Crippen LogP contribution in [0.25, 0.3) is 0 Å². The molecule has 2 fully saturated rings. The second-order valence-corrected chi connectivity index (χ2v) is 7.16. The van der Waals surface area contributed by atoms with Gasteiger partial charge in [0.2, 0.25) is 0 Å². The molecule has 0 bridgehead atoms. The minimum Gasteiger partial charge on any atom is -0.467 e. The average molecular weight is 312 g/mol. The predicted octanol–water partition coefficient (Wildman–Crippen LogP) is 2.02. The number of hydrogen-bond donors (Lipinski definition) is 0. The fraction of sp³-hybridized carbons (Fsp3) is 0.875. The Balaban J connectivity index is 2.07. The molecule has 2 aliphatic rings. The standard InChI is InChI=1S/C16H28N2O4/c1-16(2,3)22-15(20)18-11-12(10-13(18)14(19)21-4)17-8-6-5-7-9-17/h12-13H,5-11H2,1-4H3/t12-,13-/m1/s1. The number of rotatable bonds is 2. The topological polar surface area (TPSA) is 59.1 Å². The Morgan fingerprint density at radius 3 is 2.27 bits per heavy atom. The van der Waals surface area contributed by atoms with Crippen LogP contribution < -0.4 is 0 Å². The van der Waals surface area contributed by atoms with Gasteiger partial charge in [0, 0.05) is 12.6 Å². The zero-order chi connectivity index (χ0) is 16.3. The van der Waals surface area contributed by atoms with Crippen LogP contribution in [0, 0.1) is 0 Å². The van der Waals surface area contributed by atoms with E-state index in [9.17, 15) is 9.59 Å². The van der Waals surface area contributed by atoms with E-state index in [1.54, 1.807) is 0 Å². The molecule has 0 aromatic rings. The Labute approximate surface area is 132 Å². The Morgan fingerprint density at radius 1 is 1.09 bits per heavy atom. The first kappa shape index (κ1) is 17.1. The van der Waals surface area contributed by atoms with Gasteiger partial charge in [-0.15, -0.1) is 0 Å². The van der Waals surface area contributed by atoms with E-state index in [4.69, 9.17) is 9.47 Å². The van der Waals surface area contributed by atoms with Gasteiger partial charge in [-0.1, -0.05) is 6.42 Å². The average Bonchev–Trinajstić information content (AvgIpc) is 2.91. The third-order valence-corrected chi connectivity index (χ3v) is 4.29. The van der Waals surface area contributed by atoms with Gasteiger partial charge < -0.3 is 9.47 Å². The van der Waals surface area contributed by atoms with Crippen molar-refractivity contribution in [2.45, 2.75) is 64.1 Å².